The first kappa shape index (κ1) is 14.0. The van der Waals surface area contributed by atoms with Gasteiger partial charge < -0.3 is 10.3 Å². The zero-order chi connectivity index (χ0) is 14.0. The van der Waals surface area contributed by atoms with Crippen molar-refractivity contribution in [1.29, 1.82) is 0 Å². The van der Waals surface area contributed by atoms with Crippen LogP contribution in [0.25, 0.3) is 11.3 Å². The molecule has 0 amide bonds. The lowest BCUT2D eigenvalue weighted by Crippen LogP contribution is -2.05. The molecule has 19 heavy (non-hydrogen) atoms. The summed E-state index contributed by atoms with van der Waals surface area (Å²) < 4.78 is 2.75. The highest BCUT2D eigenvalue weighted by molar-refractivity contribution is 9.10. The number of hydrogen-bond donors (Lipinski definition) is 1. The van der Waals surface area contributed by atoms with Gasteiger partial charge in [-0.05, 0) is 18.2 Å². The SMILES string of the molecule is C#CCn1c(CC)nc(-c2cc(Cl)ccc2Br)c1N. The Morgan fingerprint density at radius 3 is 2.89 bits per heavy atom. The molecular weight excluding hydrogens is 326 g/mol. The lowest BCUT2D eigenvalue weighted by atomic mass is 10.1. The van der Waals surface area contributed by atoms with E-state index in [9.17, 15) is 0 Å². The predicted octanol–water partition coefficient (Wildman–Crippen LogP) is 3.74. The summed E-state index contributed by atoms with van der Waals surface area (Å²) in [6.07, 6.45) is 6.14. The molecule has 1 heterocycles. The molecule has 0 aliphatic rings. The van der Waals surface area contributed by atoms with E-state index in [-0.39, 0.29) is 0 Å². The van der Waals surface area contributed by atoms with Crippen LogP contribution in [0, 0.1) is 12.3 Å². The van der Waals surface area contributed by atoms with Crippen LogP contribution in [-0.4, -0.2) is 9.55 Å². The minimum absolute atomic E-state index is 0.417. The Kier molecular flexibility index (Phi) is 4.18. The van der Waals surface area contributed by atoms with Crippen molar-refractivity contribution < 1.29 is 0 Å². The Morgan fingerprint density at radius 1 is 1.53 bits per heavy atom. The number of imidazole rings is 1. The third kappa shape index (κ3) is 2.63. The second-order valence-electron chi connectivity index (χ2n) is 4.03. The Hall–Kier alpha value is -1.44. The zero-order valence-electron chi connectivity index (χ0n) is 10.5. The average molecular weight is 339 g/mol. The maximum atomic E-state index is 6.16. The van der Waals surface area contributed by atoms with E-state index in [4.69, 9.17) is 23.8 Å². The van der Waals surface area contributed by atoms with Gasteiger partial charge in [0.25, 0.3) is 0 Å². The third-order valence-electron chi connectivity index (χ3n) is 2.84. The molecule has 2 N–H and O–H groups in total. The van der Waals surface area contributed by atoms with Gasteiger partial charge in [0, 0.05) is 21.5 Å². The summed E-state index contributed by atoms with van der Waals surface area (Å²) in [5.74, 6) is 4.04. The van der Waals surface area contributed by atoms with E-state index < -0.39 is 0 Å². The highest BCUT2D eigenvalue weighted by atomic mass is 79.9. The van der Waals surface area contributed by atoms with Crippen molar-refractivity contribution in [3.63, 3.8) is 0 Å². The van der Waals surface area contributed by atoms with E-state index in [0.29, 0.717) is 23.1 Å². The number of nitrogens with two attached hydrogens (primary N) is 1. The van der Waals surface area contributed by atoms with Crippen molar-refractivity contribution in [2.24, 2.45) is 0 Å². The first-order valence-corrected chi connectivity index (χ1v) is 6.99. The third-order valence-corrected chi connectivity index (χ3v) is 3.76. The summed E-state index contributed by atoms with van der Waals surface area (Å²) in [4.78, 5) is 4.57. The van der Waals surface area contributed by atoms with E-state index in [1.807, 2.05) is 29.7 Å². The molecule has 0 spiro atoms. The largest absolute Gasteiger partial charge is 0.383 e. The van der Waals surface area contributed by atoms with Crippen LogP contribution in [-0.2, 0) is 13.0 Å². The minimum atomic E-state index is 0.417. The van der Waals surface area contributed by atoms with Crippen LogP contribution >= 0.6 is 27.5 Å². The normalized spacial score (nSPS) is 10.4. The van der Waals surface area contributed by atoms with E-state index in [1.165, 1.54) is 0 Å². The van der Waals surface area contributed by atoms with Crippen LogP contribution in [0.3, 0.4) is 0 Å². The molecule has 0 radical (unpaired) electrons. The zero-order valence-corrected chi connectivity index (χ0v) is 12.8. The van der Waals surface area contributed by atoms with Gasteiger partial charge in [-0.15, -0.1) is 6.42 Å². The molecule has 1 aromatic heterocycles. The van der Waals surface area contributed by atoms with Gasteiger partial charge >= 0.3 is 0 Å². The van der Waals surface area contributed by atoms with Crippen LogP contribution in [0.4, 0.5) is 5.82 Å². The van der Waals surface area contributed by atoms with Gasteiger partial charge in [-0.2, -0.15) is 0 Å². The van der Waals surface area contributed by atoms with E-state index >= 15 is 0 Å². The Labute approximate surface area is 125 Å². The van der Waals surface area contributed by atoms with Gasteiger partial charge in [0.05, 0.1) is 6.54 Å². The summed E-state index contributed by atoms with van der Waals surface area (Å²) >= 11 is 9.52. The first-order valence-electron chi connectivity index (χ1n) is 5.82. The van der Waals surface area contributed by atoms with Crippen LogP contribution in [0.15, 0.2) is 22.7 Å². The summed E-state index contributed by atoms with van der Waals surface area (Å²) in [7, 11) is 0. The second kappa shape index (κ2) is 5.68. The van der Waals surface area contributed by atoms with Crippen LogP contribution < -0.4 is 5.73 Å². The Morgan fingerprint density at radius 2 is 2.26 bits per heavy atom. The maximum absolute atomic E-state index is 6.16. The van der Waals surface area contributed by atoms with Gasteiger partial charge in [-0.1, -0.05) is 40.4 Å². The summed E-state index contributed by atoms with van der Waals surface area (Å²) in [5.41, 5.74) is 7.74. The predicted molar refractivity (Wildman–Crippen MR) is 83.0 cm³/mol. The molecule has 0 saturated heterocycles. The monoisotopic (exact) mass is 337 g/mol. The van der Waals surface area contributed by atoms with E-state index in [0.717, 1.165) is 22.3 Å². The number of hydrogen-bond acceptors (Lipinski definition) is 2. The molecule has 1 aromatic carbocycles. The van der Waals surface area contributed by atoms with Crippen LogP contribution in [0.5, 0.6) is 0 Å². The Balaban J connectivity index is 2.63. The van der Waals surface area contributed by atoms with Gasteiger partial charge in [0.2, 0.25) is 0 Å². The highest BCUT2D eigenvalue weighted by Crippen LogP contribution is 2.34. The molecule has 0 saturated carbocycles. The quantitative estimate of drug-likeness (QED) is 0.866. The Bertz CT molecular complexity index is 655. The number of rotatable bonds is 3. The van der Waals surface area contributed by atoms with Crippen molar-refractivity contribution in [1.82, 2.24) is 9.55 Å². The molecule has 2 rings (SSSR count). The molecule has 98 valence electrons. The highest BCUT2D eigenvalue weighted by Gasteiger charge is 2.16. The average Bonchev–Trinajstić information content (AvgIpc) is 2.70. The molecule has 3 nitrogen and oxygen atoms in total. The summed E-state index contributed by atoms with van der Waals surface area (Å²) in [5, 5.41) is 0.641. The first-order chi connectivity index (χ1) is 9.08. The molecule has 0 aliphatic carbocycles. The summed E-state index contributed by atoms with van der Waals surface area (Å²) in [6, 6.07) is 5.53. The second-order valence-corrected chi connectivity index (χ2v) is 5.32. The smallest absolute Gasteiger partial charge is 0.132 e. The van der Waals surface area contributed by atoms with Gasteiger partial charge in [-0.25, -0.2) is 4.98 Å². The number of aryl methyl sites for hydroxylation is 1. The minimum Gasteiger partial charge on any atom is -0.383 e. The maximum Gasteiger partial charge on any atom is 0.132 e. The lowest BCUT2D eigenvalue weighted by molar-refractivity contribution is 0.769. The molecule has 0 atom stereocenters. The number of nitrogens with zero attached hydrogens (tertiary/aromatic N) is 2. The summed E-state index contributed by atoms with van der Waals surface area (Å²) in [6.45, 7) is 2.44. The molecule has 2 aromatic rings. The number of aromatic nitrogens is 2. The van der Waals surface area contributed by atoms with Crippen LogP contribution in [0.2, 0.25) is 5.02 Å². The van der Waals surface area contributed by atoms with Crippen molar-refractivity contribution in [2.45, 2.75) is 19.9 Å². The number of terminal acetylenes is 1. The molecule has 0 unspecified atom stereocenters. The van der Waals surface area contributed by atoms with Crippen molar-refractivity contribution in [2.75, 3.05) is 5.73 Å². The van der Waals surface area contributed by atoms with E-state index in [1.54, 1.807) is 0 Å². The molecule has 5 heteroatoms. The van der Waals surface area contributed by atoms with Crippen molar-refractivity contribution in [3.05, 3.63) is 33.5 Å². The molecule has 0 bridgehead atoms. The fourth-order valence-electron chi connectivity index (χ4n) is 1.93. The van der Waals surface area contributed by atoms with Gasteiger partial charge in [0.1, 0.15) is 17.3 Å². The van der Waals surface area contributed by atoms with Crippen molar-refractivity contribution >= 4 is 33.3 Å². The van der Waals surface area contributed by atoms with Gasteiger partial charge in [0.15, 0.2) is 0 Å². The topological polar surface area (TPSA) is 43.8 Å². The molecule has 0 aliphatic heterocycles. The lowest BCUT2D eigenvalue weighted by Gasteiger charge is -2.05. The fourth-order valence-corrected chi connectivity index (χ4v) is 2.53. The molecule has 0 fully saturated rings. The molecular formula is C14H13BrClN3. The van der Waals surface area contributed by atoms with E-state index in [2.05, 4.69) is 26.8 Å². The van der Waals surface area contributed by atoms with Gasteiger partial charge in [-0.3, -0.25) is 0 Å². The number of anilines is 1. The number of benzene rings is 1. The van der Waals surface area contributed by atoms with Crippen LogP contribution in [0.1, 0.15) is 12.7 Å². The standard InChI is InChI=1S/C14H13BrClN3/c1-3-7-19-12(4-2)18-13(14(19)17)10-8-9(16)5-6-11(10)15/h1,5-6,8H,4,7,17H2,2H3. The number of halogens is 2. The fraction of sp³-hybridized carbons (Fsp3) is 0.214. The van der Waals surface area contributed by atoms with Crippen molar-refractivity contribution in [3.8, 4) is 23.6 Å². The number of nitrogen functional groups attached to an aromatic ring is 1.